The van der Waals surface area contributed by atoms with Crippen molar-refractivity contribution in [2.45, 2.75) is 18.9 Å². The molecule has 1 aromatic heterocycles. The molecule has 1 unspecified atom stereocenters. The van der Waals surface area contributed by atoms with Crippen molar-refractivity contribution >= 4 is 21.8 Å². The number of aryl methyl sites for hydroxylation is 1. The van der Waals surface area contributed by atoms with Crippen molar-refractivity contribution in [3.8, 4) is 5.75 Å². The van der Waals surface area contributed by atoms with Crippen LogP contribution in [-0.4, -0.2) is 40.2 Å². The SMILES string of the molecule is O=C(CCc1cnccn1)NCC(O)COc1ccccc1Br. The lowest BCUT2D eigenvalue weighted by atomic mass is 10.2. The molecule has 0 spiro atoms. The molecule has 6 nitrogen and oxygen atoms in total. The van der Waals surface area contributed by atoms with Gasteiger partial charge < -0.3 is 15.2 Å². The van der Waals surface area contributed by atoms with E-state index in [9.17, 15) is 9.90 Å². The zero-order valence-electron chi connectivity index (χ0n) is 12.5. The van der Waals surface area contributed by atoms with E-state index in [2.05, 4.69) is 31.2 Å². The minimum Gasteiger partial charge on any atom is -0.490 e. The smallest absolute Gasteiger partial charge is 0.220 e. The summed E-state index contributed by atoms with van der Waals surface area (Å²) in [6.45, 7) is 0.247. The van der Waals surface area contributed by atoms with Gasteiger partial charge in [-0.3, -0.25) is 14.8 Å². The maximum absolute atomic E-state index is 11.7. The maximum atomic E-state index is 11.7. The van der Waals surface area contributed by atoms with Crippen molar-refractivity contribution in [2.24, 2.45) is 0 Å². The van der Waals surface area contributed by atoms with E-state index in [1.54, 1.807) is 24.7 Å². The Morgan fingerprint density at radius 1 is 1.35 bits per heavy atom. The Morgan fingerprint density at radius 3 is 2.91 bits per heavy atom. The van der Waals surface area contributed by atoms with E-state index in [0.717, 1.165) is 10.2 Å². The summed E-state index contributed by atoms with van der Waals surface area (Å²) < 4.78 is 6.31. The lowest BCUT2D eigenvalue weighted by molar-refractivity contribution is -0.121. The van der Waals surface area contributed by atoms with Gasteiger partial charge >= 0.3 is 0 Å². The second kappa shape index (κ2) is 9.22. The third kappa shape index (κ3) is 6.33. The molecule has 2 aromatic rings. The summed E-state index contributed by atoms with van der Waals surface area (Å²) in [6, 6.07) is 7.39. The van der Waals surface area contributed by atoms with Gasteiger partial charge in [0, 0.05) is 31.6 Å². The van der Waals surface area contributed by atoms with Gasteiger partial charge in [0.1, 0.15) is 18.5 Å². The highest BCUT2D eigenvalue weighted by Gasteiger charge is 2.09. The Labute approximate surface area is 143 Å². The molecule has 1 aromatic carbocycles. The lowest BCUT2D eigenvalue weighted by Crippen LogP contribution is -2.35. The van der Waals surface area contributed by atoms with Gasteiger partial charge in [0.15, 0.2) is 0 Å². The number of aliphatic hydroxyl groups is 1. The predicted octanol–water partition coefficient (Wildman–Crippen LogP) is 1.73. The molecule has 0 radical (unpaired) electrons. The minimum atomic E-state index is -0.775. The standard InChI is InChI=1S/C16H18BrN3O3/c17-14-3-1-2-4-15(14)23-11-13(21)10-20-16(22)6-5-12-9-18-7-8-19-12/h1-4,7-9,13,21H,5-6,10-11H2,(H,20,22). The molecule has 7 heteroatoms. The van der Waals surface area contributed by atoms with Crippen LogP contribution in [0, 0.1) is 0 Å². The molecular formula is C16H18BrN3O3. The predicted molar refractivity (Wildman–Crippen MR) is 89.0 cm³/mol. The Bertz CT molecular complexity index is 625. The van der Waals surface area contributed by atoms with Crippen LogP contribution in [0.4, 0.5) is 0 Å². The highest BCUT2D eigenvalue weighted by Crippen LogP contribution is 2.23. The van der Waals surface area contributed by atoms with Gasteiger partial charge in [0.05, 0.1) is 10.2 Å². The fraction of sp³-hybridized carbons (Fsp3) is 0.312. The number of rotatable bonds is 8. The molecule has 1 atom stereocenters. The number of ether oxygens (including phenoxy) is 1. The number of halogens is 1. The third-order valence-electron chi connectivity index (χ3n) is 3.03. The first kappa shape index (κ1) is 17.4. The molecule has 1 heterocycles. The molecule has 0 aliphatic heterocycles. The van der Waals surface area contributed by atoms with E-state index in [1.807, 2.05) is 18.2 Å². The minimum absolute atomic E-state index is 0.104. The van der Waals surface area contributed by atoms with Gasteiger partial charge in [-0.05, 0) is 34.5 Å². The van der Waals surface area contributed by atoms with E-state index < -0.39 is 6.10 Å². The summed E-state index contributed by atoms with van der Waals surface area (Å²) in [5.74, 6) is 0.510. The number of hydrogen-bond donors (Lipinski definition) is 2. The number of hydrogen-bond acceptors (Lipinski definition) is 5. The molecular weight excluding hydrogens is 362 g/mol. The average Bonchev–Trinajstić information content (AvgIpc) is 2.58. The molecule has 0 aliphatic carbocycles. The highest BCUT2D eigenvalue weighted by atomic mass is 79.9. The molecule has 23 heavy (non-hydrogen) atoms. The van der Waals surface area contributed by atoms with Gasteiger partial charge in [0.2, 0.25) is 5.91 Å². The number of carbonyl (C=O) groups excluding carboxylic acids is 1. The summed E-state index contributed by atoms with van der Waals surface area (Å²) in [5.41, 5.74) is 0.764. The number of aromatic nitrogens is 2. The van der Waals surface area contributed by atoms with Crippen LogP contribution in [0.2, 0.25) is 0 Å². The normalized spacial score (nSPS) is 11.7. The van der Waals surface area contributed by atoms with Crippen molar-refractivity contribution in [1.82, 2.24) is 15.3 Å². The van der Waals surface area contributed by atoms with Crippen LogP contribution in [0.25, 0.3) is 0 Å². The van der Waals surface area contributed by atoms with Crippen molar-refractivity contribution in [1.29, 1.82) is 0 Å². The number of para-hydroxylation sites is 1. The van der Waals surface area contributed by atoms with E-state index in [-0.39, 0.29) is 19.1 Å². The van der Waals surface area contributed by atoms with Crippen LogP contribution in [0.3, 0.4) is 0 Å². The summed E-state index contributed by atoms with van der Waals surface area (Å²) in [6.07, 6.45) is 4.86. The number of carbonyl (C=O) groups is 1. The summed E-state index contributed by atoms with van der Waals surface area (Å²) >= 11 is 3.36. The Balaban J connectivity index is 1.65. The van der Waals surface area contributed by atoms with E-state index in [4.69, 9.17) is 4.74 Å². The summed E-state index contributed by atoms with van der Waals surface area (Å²) in [5, 5.41) is 12.5. The average molecular weight is 380 g/mol. The van der Waals surface area contributed by atoms with E-state index >= 15 is 0 Å². The molecule has 0 aliphatic rings. The van der Waals surface area contributed by atoms with Crippen LogP contribution < -0.4 is 10.1 Å². The number of nitrogens with one attached hydrogen (secondary N) is 1. The zero-order chi connectivity index (χ0) is 16.5. The van der Waals surface area contributed by atoms with E-state index in [1.165, 1.54) is 0 Å². The molecule has 0 saturated carbocycles. The molecule has 0 bridgehead atoms. The molecule has 2 rings (SSSR count). The summed E-state index contributed by atoms with van der Waals surface area (Å²) in [4.78, 5) is 19.8. The second-order valence-corrected chi connectivity index (χ2v) is 5.75. The maximum Gasteiger partial charge on any atom is 0.220 e. The Kier molecular flexibility index (Phi) is 6.96. The van der Waals surface area contributed by atoms with Crippen LogP contribution >= 0.6 is 15.9 Å². The fourth-order valence-electron chi connectivity index (χ4n) is 1.83. The molecule has 1 amide bonds. The van der Waals surface area contributed by atoms with Gasteiger partial charge in [-0.2, -0.15) is 0 Å². The van der Waals surface area contributed by atoms with Crippen molar-refractivity contribution in [3.63, 3.8) is 0 Å². The number of amides is 1. The lowest BCUT2D eigenvalue weighted by Gasteiger charge is -2.14. The highest BCUT2D eigenvalue weighted by molar-refractivity contribution is 9.10. The van der Waals surface area contributed by atoms with Crippen molar-refractivity contribution in [2.75, 3.05) is 13.2 Å². The number of aliphatic hydroxyl groups excluding tert-OH is 1. The van der Waals surface area contributed by atoms with Crippen molar-refractivity contribution < 1.29 is 14.6 Å². The second-order valence-electron chi connectivity index (χ2n) is 4.90. The monoisotopic (exact) mass is 379 g/mol. The van der Waals surface area contributed by atoms with Gasteiger partial charge in [-0.25, -0.2) is 0 Å². The zero-order valence-corrected chi connectivity index (χ0v) is 14.1. The van der Waals surface area contributed by atoms with E-state index in [0.29, 0.717) is 18.6 Å². The topological polar surface area (TPSA) is 84.3 Å². The molecule has 0 fully saturated rings. The van der Waals surface area contributed by atoms with Gasteiger partial charge in [-0.15, -0.1) is 0 Å². The first-order valence-electron chi connectivity index (χ1n) is 7.22. The number of nitrogens with zero attached hydrogens (tertiary/aromatic N) is 2. The van der Waals surface area contributed by atoms with Crippen molar-refractivity contribution in [3.05, 3.63) is 53.0 Å². The fourth-order valence-corrected chi connectivity index (χ4v) is 2.23. The Hall–Kier alpha value is -1.99. The molecule has 122 valence electrons. The quantitative estimate of drug-likeness (QED) is 0.729. The first-order valence-corrected chi connectivity index (χ1v) is 8.01. The Morgan fingerprint density at radius 2 is 2.17 bits per heavy atom. The number of benzene rings is 1. The van der Waals surface area contributed by atoms with Gasteiger partial charge in [-0.1, -0.05) is 12.1 Å². The van der Waals surface area contributed by atoms with Crippen LogP contribution in [0.5, 0.6) is 5.75 Å². The molecule has 2 N–H and O–H groups in total. The van der Waals surface area contributed by atoms with Gasteiger partial charge in [0.25, 0.3) is 0 Å². The summed E-state index contributed by atoms with van der Waals surface area (Å²) in [7, 11) is 0. The largest absolute Gasteiger partial charge is 0.490 e. The van der Waals surface area contributed by atoms with Crippen LogP contribution in [0.15, 0.2) is 47.3 Å². The molecule has 0 saturated heterocycles. The first-order chi connectivity index (χ1) is 11.1. The van der Waals surface area contributed by atoms with Crippen LogP contribution in [-0.2, 0) is 11.2 Å². The third-order valence-corrected chi connectivity index (χ3v) is 3.68. The van der Waals surface area contributed by atoms with Crippen LogP contribution in [0.1, 0.15) is 12.1 Å².